The Labute approximate surface area is 172 Å². The fourth-order valence-electron chi connectivity index (χ4n) is 3.75. The third-order valence-electron chi connectivity index (χ3n) is 5.27. The number of carbonyl (C=O) groups is 2. The molecule has 2 N–H and O–H groups in total. The number of hydrogen-bond acceptors (Lipinski definition) is 4. The highest BCUT2D eigenvalue weighted by atomic mass is 16.5. The van der Waals surface area contributed by atoms with Gasteiger partial charge >= 0.3 is 0 Å². The Balaban J connectivity index is 1.77. The predicted molar refractivity (Wildman–Crippen MR) is 113 cm³/mol. The van der Waals surface area contributed by atoms with E-state index in [1.807, 2.05) is 36.4 Å². The van der Waals surface area contributed by atoms with Crippen LogP contribution >= 0.6 is 0 Å². The molecule has 154 valence electrons. The van der Waals surface area contributed by atoms with Crippen molar-refractivity contribution in [2.24, 2.45) is 0 Å². The zero-order valence-corrected chi connectivity index (χ0v) is 16.8. The molecule has 1 aliphatic rings. The maximum atomic E-state index is 12.6. The van der Waals surface area contributed by atoms with Crippen LogP contribution in [0, 0.1) is 0 Å². The second-order valence-electron chi connectivity index (χ2n) is 7.22. The van der Waals surface area contributed by atoms with E-state index in [0.717, 1.165) is 6.54 Å². The normalized spacial score (nSPS) is 17.2. The van der Waals surface area contributed by atoms with Crippen molar-refractivity contribution in [1.82, 2.24) is 15.5 Å². The van der Waals surface area contributed by atoms with Gasteiger partial charge in [-0.2, -0.15) is 0 Å². The number of nitrogens with zero attached hydrogens (tertiary/aromatic N) is 1. The number of piperazine rings is 1. The van der Waals surface area contributed by atoms with E-state index in [4.69, 9.17) is 4.74 Å². The standard InChI is InChI=1S/C23H29N3O3/c1-29-15-13-24-22(27)16-21-23(28)25-12-14-26(21)17-20(18-8-4-2-5-9-18)19-10-6-3-7-11-19/h2-11,20-21H,12-17H2,1H3,(H,24,27)(H,25,28)/t21-/m0/s1. The predicted octanol–water partition coefficient (Wildman–Crippen LogP) is 1.77. The van der Waals surface area contributed by atoms with Gasteiger partial charge in [-0.3, -0.25) is 14.5 Å². The first-order chi connectivity index (χ1) is 14.2. The minimum absolute atomic E-state index is 0.0852. The molecule has 1 fully saturated rings. The largest absolute Gasteiger partial charge is 0.383 e. The summed E-state index contributed by atoms with van der Waals surface area (Å²) in [6.45, 7) is 2.89. The van der Waals surface area contributed by atoms with Crippen LogP contribution in [0.1, 0.15) is 23.5 Å². The number of nitrogens with one attached hydrogen (secondary N) is 2. The summed E-state index contributed by atoms with van der Waals surface area (Å²) in [5.74, 6) is -0.0922. The van der Waals surface area contributed by atoms with Crippen molar-refractivity contribution in [2.75, 3.05) is 39.9 Å². The minimum Gasteiger partial charge on any atom is -0.383 e. The number of methoxy groups -OCH3 is 1. The van der Waals surface area contributed by atoms with Gasteiger partial charge in [0.2, 0.25) is 11.8 Å². The van der Waals surface area contributed by atoms with Crippen molar-refractivity contribution >= 4 is 11.8 Å². The molecule has 3 rings (SSSR count). The molecule has 2 aromatic carbocycles. The van der Waals surface area contributed by atoms with Gasteiger partial charge in [-0.1, -0.05) is 60.7 Å². The van der Waals surface area contributed by atoms with Gasteiger partial charge in [0.1, 0.15) is 0 Å². The van der Waals surface area contributed by atoms with Gasteiger partial charge < -0.3 is 15.4 Å². The van der Waals surface area contributed by atoms with Crippen LogP contribution in [0.5, 0.6) is 0 Å². The highest BCUT2D eigenvalue weighted by molar-refractivity contribution is 5.88. The van der Waals surface area contributed by atoms with Crippen LogP contribution in [0.2, 0.25) is 0 Å². The monoisotopic (exact) mass is 395 g/mol. The third kappa shape index (κ3) is 5.89. The lowest BCUT2D eigenvalue weighted by atomic mass is 9.90. The summed E-state index contributed by atoms with van der Waals surface area (Å²) in [6.07, 6.45) is 0.145. The van der Waals surface area contributed by atoms with E-state index in [2.05, 4.69) is 39.8 Å². The number of ether oxygens (including phenoxy) is 1. The van der Waals surface area contributed by atoms with Crippen molar-refractivity contribution in [3.63, 3.8) is 0 Å². The summed E-state index contributed by atoms with van der Waals surface area (Å²) in [6, 6.07) is 20.2. The van der Waals surface area contributed by atoms with Crippen LogP contribution in [0.4, 0.5) is 0 Å². The first-order valence-electron chi connectivity index (χ1n) is 10.1. The van der Waals surface area contributed by atoms with Crippen molar-refractivity contribution in [3.05, 3.63) is 71.8 Å². The molecule has 1 aliphatic heterocycles. The van der Waals surface area contributed by atoms with Crippen LogP contribution in [0.15, 0.2) is 60.7 Å². The first kappa shape index (κ1) is 21.0. The molecule has 0 unspecified atom stereocenters. The zero-order chi connectivity index (χ0) is 20.5. The van der Waals surface area contributed by atoms with E-state index in [-0.39, 0.29) is 24.2 Å². The van der Waals surface area contributed by atoms with Crippen molar-refractivity contribution in [1.29, 1.82) is 0 Å². The molecule has 2 amide bonds. The van der Waals surface area contributed by atoms with Crippen molar-refractivity contribution in [3.8, 4) is 0 Å². The second kappa shape index (κ2) is 10.7. The Kier molecular flexibility index (Phi) is 7.78. The van der Waals surface area contributed by atoms with Gasteiger partial charge in [0.15, 0.2) is 0 Å². The summed E-state index contributed by atoms with van der Waals surface area (Å²) in [4.78, 5) is 27.0. The number of rotatable bonds is 9. The molecule has 29 heavy (non-hydrogen) atoms. The third-order valence-corrected chi connectivity index (χ3v) is 5.27. The Morgan fingerprint density at radius 1 is 1.14 bits per heavy atom. The van der Waals surface area contributed by atoms with Crippen LogP contribution in [0.25, 0.3) is 0 Å². The summed E-state index contributed by atoms with van der Waals surface area (Å²) >= 11 is 0. The van der Waals surface area contributed by atoms with Crippen LogP contribution in [-0.2, 0) is 14.3 Å². The molecule has 6 nitrogen and oxygen atoms in total. The molecule has 6 heteroatoms. The van der Waals surface area contributed by atoms with Gasteiger partial charge in [0, 0.05) is 39.2 Å². The van der Waals surface area contributed by atoms with Crippen LogP contribution in [-0.4, -0.2) is 62.7 Å². The molecule has 1 saturated heterocycles. The summed E-state index contributed by atoms with van der Waals surface area (Å²) in [7, 11) is 1.59. The van der Waals surface area contributed by atoms with Gasteiger partial charge in [-0.15, -0.1) is 0 Å². The minimum atomic E-state index is -0.471. The lowest BCUT2D eigenvalue weighted by Crippen LogP contribution is -2.57. The van der Waals surface area contributed by atoms with Gasteiger partial charge in [0.25, 0.3) is 0 Å². The van der Waals surface area contributed by atoms with Crippen molar-refractivity contribution in [2.45, 2.75) is 18.4 Å². The quantitative estimate of drug-likeness (QED) is 0.635. The lowest BCUT2D eigenvalue weighted by molar-refractivity contribution is -0.134. The number of benzene rings is 2. The fourth-order valence-corrected chi connectivity index (χ4v) is 3.75. The molecular formula is C23H29N3O3. The fraction of sp³-hybridized carbons (Fsp3) is 0.391. The van der Waals surface area contributed by atoms with Gasteiger partial charge in [0.05, 0.1) is 19.1 Å². The molecule has 2 aromatic rings. The molecule has 0 spiro atoms. The summed E-state index contributed by atoms with van der Waals surface area (Å²) < 4.78 is 4.97. The molecule has 1 atom stereocenters. The molecule has 0 aliphatic carbocycles. The summed E-state index contributed by atoms with van der Waals surface area (Å²) in [5.41, 5.74) is 2.40. The number of amides is 2. The number of carbonyl (C=O) groups excluding carboxylic acids is 2. The van der Waals surface area contributed by atoms with E-state index in [9.17, 15) is 9.59 Å². The maximum absolute atomic E-state index is 12.6. The Morgan fingerprint density at radius 2 is 1.76 bits per heavy atom. The average Bonchev–Trinajstić information content (AvgIpc) is 2.75. The first-order valence-corrected chi connectivity index (χ1v) is 10.1. The van der Waals surface area contributed by atoms with E-state index >= 15 is 0 Å². The van der Waals surface area contributed by atoms with E-state index in [1.165, 1.54) is 11.1 Å². The lowest BCUT2D eigenvalue weighted by Gasteiger charge is -2.37. The van der Waals surface area contributed by atoms with Crippen molar-refractivity contribution < 1.29 is 14.3 Å². The second-order valence-corrected chi connectivity index (χ2v) is 7.22. The molecule has 0 saturated carbocycles. The zero-order valence-electron chi connectivity index (χ0n) is 16.8. The maximum Gasteiger partial charge on any atom is 0.237 e. The summed E-state index contributed by atoms with van der Waals surface area (Å²) in [5, 5.41) is 5.72. The molecule has 0 aromatic heterocycles. The molecule has 1 heterocycles. The SMILES string of the molecule is COCCNC(=O)C[C@H]1C(=O)NCCN1CC(c1ccccc1)c1ccccc1. The molecule has 0 bridgehead atoms. The van der Waals surface area contributed by atoms with Crippen LogP contribution < -0.4 is 10.6 Å². The van der Waals surface area contributed by atoms with E-state index in [1.54, 1.807) is 7.11 Å². The highest BCUT2D eigenvalue weighted by Crippen LogP contribution is 2.27. The Bertz CT molecular complexity index is 743. The number of hydrogen-bond donors (Lipinski definition) is 2. The smallest absolute Gasteiger partial charge is 0.237 e. The topological polar surface area (TPSA) is 70.7 Å². The Hall–Kier alpha value is -2.70. The highest BCUT2D eigenvalue weighted by Gasteiger charge is 2.33. The Morgan fingerprint density at radius 3 is 2.34 bits per heavy atom. The molecule has 0 radical (unpaired) electrons. The van der Waals surface area contributed by atoms with Gasteiger partial charge in [-0.05, 0) is 11.1 Å². The van der Waals surface area contributed by atoms with Crippen LogP contribution in [0.3, 0.4) is 0 Å². The average molecular weight is 396 g/mol. The van der Waals surface area contributed by atoms with Gasteiger partial charge in [-0.25, -0.2) is 0 Å². The van der Waals surface area contributed by atoms with E-state index < -0.39 is 6.04 Å². The molecular weight excluding hydrogens is 366 g/mol. The van der Waals surface area contributed by atoms with E-state index in [0.29, 0.717) is 26.2 Å².